The summed E-state index contributed by atoms with van der Waals surface area (Å²) in [6, 6.07) is 0. The highest BCUT2D eigenvalue weighted by Crippen LogP contribution is 2.66. The summed E-state index contributed by atoms with van der Waals surface area (Å²) in [5.41, 5.74) is 1.97. The Kier molecular flexibility index (Phi) is 4.60. The lowest BCUT2D eigenvalue weighted by atomic mass is 9.45. The van der Waals surface area contributed by atoms with Gasteiger partial charge in [-0.05, 0) is 73.7 Å². The maximum atomic E-state index is 12.2. The zero-order chi connectivity index (χ0) is 17.7. The van der Waals surface area contributed by atoms with Gasteiger partial charge in [-0.25, -0.2) is 0 Å². The number of hydrogen-bond acceptors (Lipinski definition) is 3. The van der Waals surface area contributed by atoms with Gasteiger partial charge in [0.1, 0.15) is 0 Å². The predicted octanol–water partition coefficient (Wildman–Crippen LogP) is 4.14. The minimum Gasteiger partial charge on any atom is -0.394 e. The van der Waals surface area contributed by atoms with E-state index in [2.05, 4.69) is 13.8 Å². The second-order valence-corrected chi connectivity index (χ2v) is 9.56. The van der Waals surface area contributed by atoms with Gasteiger partial charge in [-0.3, -0.25) is 4.79 Å². The van der Waals surface area contributed by atoms with E-state index in [0.717, 1.165) is 18.3 Å². The van der Waals surface area contributed by atoms with Crippen LogP contribution in [-0.4, -0.2) is 30.7 Å². The lowest BCUT2D eigenvalue weighted by Crippen LogP contribution is -2.55. The van der Waals surface area contributed by atoms with Crippen LogP contribution < -0.4 is 0 Å². The third-order valence-corrected chi connectivity index (χ3v) is 8.52. The van der Waals surface area contributed by atoms with E-state index in [1.807, 2.05) is 6.08 Å². The smallest absolute Gasteiger partial charge is 0.155 e. The van der Waals surface area contributed by atoms with Gasteiger partial charge >= 0.3 is 0 Å². The first-order valence-corrected chi connectivity index (χ1v) is 10.4. The SMILES string of the molecule is C[C@H]1CC(=O)C=C2CC[C@H]3[C@@H]4CCC[C@@]4(C)CC[C@@H]3[C@]21COCCO. The van der Waals surface area contributed by atoms with Crippen molar-refractivity contribution in [1.82, 2.24) is 0 Å². The fraction of sp³-hybridized carbons (Fsp3) is 0.864. The number of aliphatic hydroxyl groups is 1. The molecule has 0 radical (unpaired) electrons. The Bertz CT molecular complexity index is 568. The lowest BCUT2D eigenvalue weighted by molar-refractivity contribution is -0.126. The van der Waals surface area contributed by atoms with Crippen LogP contribution in [0.1, 0.15) is 65.2 Å². The van der Waals surface area contributed by atoms with E-state index < -0.39 is 0 Å². The molecule has 0 spiro atoms. The standard InChI is InChI=1S/C22H34O3/c1-15-12-17(24)13-16-5-6-18-19-4-3-8-21(19,2)9-7-20(18)22(15,16)14-25-11-10-23/h13,15,18-20,23H,3-12,14H2,1-2H3/t15-,18-,19-,20-,21-,22-/m0/s1. The maximum absolute atomic E-state index is 12.2. The summed E-state index contributed by atoms with van der Waals surface area (Å²) in [5.74, 6) is 2.99. The number of fused-ring (bicyclic) bond motifs is 5. The van der Waals surface area contributed by atoms with E-state index in [1.165, 1.54) is 44.1 Å². The maximum Gasteiger partial charge on any atom is 0.155 e. The minimum absolute atomic E-state index is 0.0376. The molecule has 0 saturated heterocycles. The number of hydrogen-bond donors (Lipinski definition) is 1. The van der Waals surface area contributed by atoms with Crippen molar-refractivity contribution in [1.29, 1.82) is 0 Å². The molecule has 6 atom stereocenters. The summed E-state index contributed by atoms with van der Waals surface area (Å²) < 4.78 is 5.97. The molecule has 3 nitrogen and oxygen atoms in total. The molecule has 0 aliphatic heterocycles. The Hall–Kier alpha value is -0.670. The fourth-order valence-corrected chi connectivity index (χ4v) is 7.39. The van der Waals surface area contributed by atoms with Crippen LogP contribution in [0.25, 0.3) is 0 Å². The first-order valence-electron chi connectivity index (χ1n) is 10.4. The second-order valence-electron chi connectivity index (χ2n) is 9.56. The van der Waals surface area contributed by atoms with Crippen LogP contribution in [0.5, 0.6) is 0 Å². The third kappa shape index (κ3) is 2.65. The Labute approximate surface area is 152 Å². The summed E-state index contributed by atoms with van der Waals surface area (Å²) in [5, 5.41) is 9.19. The van der Waals surface area contributed by atoms with Gasteiger partial charge in [-0.1, -0.05) is 25.8 Å². The highest BCUT2D eigenvalue weighted by Gasteiger charge is 2.59. The molecule has 4 rings (SSSR count). The largest absolute Gasteiger partial charge is 0.394 e. The number of ether oxygens (including phenoxy) is 1. The van der Waals surface area contributed by atoms with Gasteiger partial charge in [-0.2, -0.15) is 0 Å². The van der Waals surface area contributed by atoms with Gasteiger partial charge in [0.2, 0.25) is 0 Å². The van der Waals surface area contributed by atoms with Crippen molar-refractivity contribution in [3.63, 3.8) is 0 Å². The Morgan fingerprint density at radius 1 is 1.24 bits per heavy atom. The normalized spacial score (nSPS) is 46.2. The molecule has 140 valence electrons. The molecule has 3 saturated carbocycles. The van der Waals surface area contributed by atoms with Gasteiger partial charge in [0, 0.05) is 11.8 Å². The monoisotopic (exact) mass is 346 g/mol. The number of carbonyl (C=O) groups is 1. The molecule has 0 bridgehead atoms. The van der Waals surface area contributed by atoms with Crippen LogP contribution >= 0.6 is 0 Å². The first-order chi connectivity index (χ1) is 12.0. The average Bonchev–Trinajstić information content (AvgIpc) is 2.97. The van der Waals surface area contributed by atoms with Crippen molar-refractivity contribution in [2.24, 2.45) is 34.5 Å². The fourth-order valence-electron chi connectivity index (χ4n) is 7.39. The molecule has 0 amide bonds. The highest BCUT2D eigenvalue weighted by atomic mass is 16.5. The molecule has 1 N–H and O–H groups in total. The Balaban J connectivity index is 1.70. The molecule has 3 fully saturated rings. The van der Waals surface area contributed by atoms with Crippen LogP contribution in [0.3, 0.4) is 0 Å². The van der Waals surface area contributed by atoms with E-state index >= 15 is 0 Å². The van der Waals surface area contributed by atoms with E-state index in [-0.39, 0.29) is 12.0 Å². The van der Waals surface area contributed by atoms with Crippen molar-refractivity contribution >= 4 is 5.78 Å². The molecule has 0 aromatic heterocycles. The van der Waals surface area contributed by atoms with Gasteiger partial charge in [-0.15, -0.1) is 0 Å². The van der Waals surface area contributed by atoms with E-state index in [4.69, 9.17) is 4.74 Å². The zero-order valence-corrected chi connectivity index (χ0v) is 15.9. The topological polar surface area (TPSA) is 46.5 Å². The van der Waals surface area contributed by atoms with Crippen LogP contribution in [-0.2, 0) is 9.53 Å². The summed E-state index contributed by atoms with van der Waals surface area (Å²) >= 11 is 0. The highest BCUT2D eigenvalue weighted by molar-refractivity contribution is 5.92. The van der Waals surface area contributed by atoms with E-state index in [0.29, 0.717) is 42.7 Å². The number of aliphatic hydroxyl groups excluding tert-OH is 1. The van der Waals surface area contributed by atoms with E-state index in [1.54, 1.807) is 0 Å². The van der Waals surface area contributed by atoms with Gasteiger partial charge in [0.05, 0.1) is 19.8 Å². The number of carbonyl (C=O) groups excluding carboxylic acids is 1. The second kappa shape index (κ2) is 6.49. The molecule has 3 heteroatoms. The molecule has 0 unspecified atom stereocenters. The van der Waals surface area contributed by atoms with Crippen LogP contribution in [0.2, 0.25) is 0 Å². The first kappa shape index (κ1) is 17.7. The van der Waals surface area contributed by atoms with E-state index in [9.17, 15) is 9.90 Å². The Morgan fingerprint density at radius 2 is 2.08 bits per heavy atom. The van der Waals surface area contributed by atoms with Crippen molar-refractivity contribution < 1.29 is 14.6 Å². The van der Waals surface area contributed by atoms with Gasteiger partial charge < -0.3 is 9.84 Å². The summed E-state index contributed by atoms with van der Waals surface area (Å²) in [4.78, 5) is 12.2. The molecule has 4 aliphatic carbocycles. The average molecular weight is 347 g/mol. The van der Waals surface area contributed by atoms with Crippen molar-refractivity contribution in [2.75, 3.05) is 19.8 Å². The third-order valence-electron chi connectivity index (χ3n) is 8.52. The van der Waals surface area contributed by atoms with Crippen molar-refractivity contribution in [3.05, 3.63) is 11.6 Å². The summed E-state index contributed by atoms with van der Waals surface area (Å²) in [6.45, 7) is 6.00. The quantitative estimate of drug-likeness (QED) is 0.778. The van der Waals surface area contributed by atoms with Crippen LogP contribution in [0.4, 0.5) is 0 Å². The number of ketones is 1. The lowest BCUT2D eigenvalue weighted by Gasteiger charge is -2.60. The Morgan fingerprint density at radius 3 is 2.88 bits per heavy atom. The predicted molar refractivity (Wildman–Crippen MR) is 98.1 cm³/mol. The minimum atomic E-state index is 0.0376. The molecule has 0 aromatic carbocycles. The zero-order valence-electron chi connectivity index (χ0n) is 15.9. The van der Waals surface area contributed by atoms with Crippen molar-refractivity contribution in [3.8, 4) is 0 Å². The van der Waals surface area contributed by atoms with Crippen LogP contribution in [0, 0.1) is 34.5 Å². The molecule has 25 heavy (non-hydrogen) atoms. The van der Waals surface area contributed by atoms with Crippen molar-refractivity contribution in [2.45, 2.75) is 65.2 Å². The summed E-state index contributed by atoms with van der Waals surface area (Å²) in [7, 11) is 0. The molecule has 4 aliphatic rings. The molecule has 0 heterocycles. The molecular weight excluding hydrogens is 312 g/mol. The van der Waals surface area contributed by atoms with Gasteiger partial charge in [0.25, 0.3) is 0 Å². The summed E-state index contributed by atoms with van der Waals surface area (Å²) in [6.07, 6.45) is 11.8. The van der Waals surface area contributed by atoms with Crippen LogP contribution in [0.15, 0.2) is 11.6 Å². The number of rotatable bonds is 4. The van der Waals surface area contributed by atoms with Gasteiger partial charge in [0.15, 0.2) is 5.78 Å². The molecular formula is C22H34O3. The molecule has 0 aromatic rings.